The van der Waals surface area contributed by atoms with Crippen molar-refractivity contribution >= 4 is 23.3 Å². The number of rotatable bonds is 3. The monoisotopic (exact) mass is 226 g/mol. The summed E-state index contributed by atoms with van der Waals surface area (Å²) in [6, 6.07) is 0.170. The summed E-state index contributed by atoms with van der Waals surface area (Å²) in [4.78, 5) is 18.7. The van der Waals surface area contributed by atoms with E-state index < -0.39 is 0 Å². The van der Waals surface area contributed by atoms with Crippen LogP contribution in [0.15, 0.2) is 12.5 Å². The van der Waals surface area contributed by atoms with Crippen molar-refractivity contribution in [3.8, 4) is 0 Å². The van der Waals surface area contributed by atoms with Crippen molar-refractivity contribution in [3.63, 3.8) is 0 Å². The summed E-state index contributed by atoms with van der Waals surface area (Å²) in [7, 11) is 0. The molecule has 0 bridgehead atoms. The maximum atomic E-state index is 10.9. The summed E-state index contributed by atoms with van der Waals surface area (Å²) in [5, 5.41) is 6.42. The molecule has 1 atom stereocenters. The molecule has 1 fully saturated rings. The largest absolute Gasteiger partial charge is 0.367 e. The minimum Gasteiger partial charge on any atom is -0.367 e. The lowest BCUT2D eigenvalue weighted by Gasteiger charge is -2.11. The van der Waals surface area contributed by atoms with E-state index in [1.54, 1.807) is 0 Å². The molecule has 15 heavy (non-hydrogen) atoms. The Morgan fingerprint density at radius 2 is 2.53 bits per heavy atom. The van der Waals surface area contributed by atoms with Gasteiger partial charge in [-0.1, -0.05) is 11.6 Å². The topological polar surface area (TPSA) is 66.9 Å². The first-order valence-electron chi connectivity index (χ1n) is 4.74. The van der Waals surface area contributed by atoms with Crippen LogP contribution in [0.4, 0.5) is 5.82 Å². The molecule has 1 unspecified atom stereocenters. The lowest BCUT2D eigenvalue weighted by Crippen LogP contribution is -2.32. The molecule has 0 radical (unpaired) electrons. The molecule has 2 heterocycles. The number of carbonyl (C=O) groups excluding carboxylic acids is 1. The summed E-state index contributed by atoms with van der Waals surface area (Å²) in [6.07, 6.45) is 4.42. The van der Waals surface area contributed by atoms with Crippen molar-refractivity contribution in [1.29, 1.82) is 0 Å². The van der Waals surface area contributed by atoms with Crippen LogP contribution in [0.3, 0.4) is 0 Å². The molecule has 1 aromatic heterocycles. The Hall–Kier alpha value is -1.36. The smallest absolute Gasteiger partial charge is 0.220 e. The lowest BCUT2D eigenvalue weighted by atomic mass is 10.2. The normalized spacial score (nSPS) is 20.1. The Labute approximate surface area is 92.3 Å². The molecule has 80 valence electrons. The fourth-order valence-electron chi connectivity index (χ4n) is 1.49. The van der Waals surface area contributed by atoms with E-state index in [0.29, 0.717) is 23.8 Å². The third-order valence-corrected chi connectivity index (χ3v) is 2.55. The minimum absolute atomic E-state index is 0.107. The molecule has 2 N–H and O–H groups in total. The summed E-state index contributed by atoms with van der Waals surface area (Å²) >= 11 is 5.86. The lowest BCUT2D eigenvalue weighted by molar-refractivity contribution is -0.119. The van der Waals surface area contributed by atoms with Gasteiger partial charge in [0.15, 0.2) is 0 Å². The average molecular weight is 227 g/mol. The van der Waals surface area contributed by atoms with Gasteiger partial charge >= 0.3 is 0 Å². The molecule has 1 saturated heterocycles. The number of hydrogen-bond acceptors (Lipinski definition) is 4. The highest BCUT2D eigenvalue weighted by Crippen LogP contribution is 2.16. The second-order valence-electron chi connectivity index (χ2n) is 3.40. The van der Waals surface area contributed by atoms with Crippen molar-refractivity contribution in [2.75, 3.05) is 11.9 Å². The predicted molar refractivity (Wildman–Crippen MR) is 56.7 cm³/mol. The molecule has 5 nitrogen and oxygen atoms in total. The predicted octanol–water partition coefficient (Wildman–Crippen LogP) is 0.820. The van der Waals surface area contributed by atoms with Gasteiger partial charge in [-0.2, -0.15) is 0 Å². The first-order chi connectivity index (χ1) is 7.25. The van der Waals surface area contributed by atoms with Crippen molar-refractivity contribution in [3.05, 3.63) is 17.5 Å². The molecule has 6 heteroatoms. The van der Waals surface area contributed by atoms with Crippen molar-refractivity contribution in [2.45, 2.75) is 18.9 Å². The Morgan fingerprint density at radius 1 is 1.67 bits per heavy atom. The van der Waals surface area contributed by atoms with Gasteiger partial charge in [0.25, 0.3) is 0 Å². The van der Waals surface area contributed by atoms with Gasteiger partial charge in [0, 0.05) is 19.0 Å². The van der Waals surface area contributed by atoms with E-state index in [4.69, 9.17) is 11.6 Å². The Morgan fingerprint density at radius 3 is 3.20 bits per heavy atom. The van der Waals surface area contributed by atoms with Crippen LogP contribution < -0.4 is 10.6 Å². The molecule has 0 aromatic carbocycles. The van der Waals surface area contributed by atoms with Crippen LogP contribution in [0.25, 0.3) is 0 Å². The molecule has 1 amide bonds. The molecule has 1 aromatic rings. The van der Waals surface area contributed by atoms with E-state index in [1.165, 1.54) is 12.5 Å². The first kappa shape index (κ1) is 10.2. The average Bonchev–Trinajstić information content (AvgIpc) is 2.63. The second kappa shape index (κ2) is 4.44. The third-order valence-electron chi connectivity index (χ3n) is 2.27. The highest BCUT2D eigenvalue weighted by molar-refractivity contribution is 6.32. The quantitative estimate of drug-likeness (QED) is 0.801. The molecule has 0 saturated carbocycles. The molecule has 1 aliphatic rings. The zero-order valence-corrected chi connectivity index (χ0v) is 8.79. The second-order valence-corrected chi connectivity index (χ2v) is 3.81. The van der Waals surface area contributed by atoms with E-state index in [0.717, 1.165) is 6.42 Å². The van der Waals surface area contributed by atoms with Crippen molar-refractivity contribution in [1.82, 2.24) is 15.3 Å². The Kier molecular flexibility index (Phi) is 3.01. The summed E-state index contributed by atoms with van der Waals surface area (Å²) in [5.74, 6) is 0.711. The molecule has 1 aliphatic heterocycles. The molecular weight excluding hydrogens is 216 g/mol. The maximum Gasteiger partial charge on any atom is 0.220 e. The molecule has 0 aliphatic carbocycles. The van der Waals surface area contributed by atoms with E-state index in [9.17, 15) is 4.79 Å². The number of amides is 1. The first-order valence-corrected chi connectivity index (χ1v) is 5.12. The number of halogens is 1. The van der Waals surface area contributed by atoms with Gasteiger partial charge in [0.1, 0.15) is 17.2 Å². The highest BCUT2D eigenvalue weighted by atomic mass is 35.5. The highest BCUT2D eigenvalue weighted by Gasteiger charge is 2.20. The maximum absolute atomic E-state index is 10.9. The molecular formula is C9H11ClN4O. The van der Waals surface area contributed by atoms with Gasteiger partial charge < -0.3 is 10.6 Å². The molecule has 2 rings (SSSR count). The van der Waals surface area contributed by atoms with Gasteiger partial charge in [-0.3, -0.25) is 4.79 Å². The standard InChI is InChI=1S/C9H11ClN4O/c10-7-4-11-5-13-9(7)12-3-6-1-2-8(15)14-6/h4-6H,1-3H2,(H,14,15)(H,11,12,13). The van der Waals surface area contributed by atoms with E-state index in [-0.39, 0.29) is 11.9 Å². The van der Waals surface area contributed by atoms with Crippen LogP contribution in [0.5, 0.6) is 0 Å². The zero-order valence-electron chi connectivity index (χ0n) is 8.03. The van der Waals surface area contributed by atoms with Crippen LogP contribution >= 0.6 is 11.6 Å². The summed E-state index contributed by atoms with van der Waals surface area (Å²) in [5.41, 5.74) is 0. The molecule has 0 spiro atoms. The number of hydrogen-bond donors (Lipinski definition) is 2. The zero-order chi connectivity index (χ0) is 10.7. The summed E-state index contributed by atoms with van der Waals surface area (Å²) < 4.78 is 0. The fraction of sp³-hybridized carbons (Fsp3) is 0.444. The Bertz CT molecular complexity index is 371. The van der Waals surface area contributed by atoms with Gasteiger partial charge in [-0.15, -0.1) is 0 Å². The van der Waals surface area contributed by atoms with Crippen LogP contribution in [0.1, 0.15) is 12.8 Å². The van der Waals surface area contributed by atoms with Crippen LogP contribution in [-0.2, 0) is 4.79 Å². The number of anilines is 1. The van der Waals surface area contributed by atoms with E-state index in [1.807, 2.05) is 0 Å². The van der Waals surface area contributed by atoms with Crippen molar-refractivity contribution < 1.29 is 4.79 Å². The van der Waals surface area contributed by atoms with Crippen LogP contribution in [-0.4, -0.2) is 28.5 Å². The SMILES string of the molecule is O=C1CCC(CNc2ncncc2Cl)N1. The van der Waals surface area contributed by atoms with E-state index in [2.05, 4.69) is 20.6 Å². The van der Waals surface area contributed by atoms with Gasteiger partial charge in [-0.25, -0.2) is 9.97 Å². The van der Waals surface area contributed by atoms with Crippen LogP contribution in [0, 0.1) is 0 Å². The fourth-order valence-corrected chi connectivity index (χ4v) is 1.66. The number of carbonyl (C=O) groups is 1. The minimum atomic E-state index is 0.107. The van der Waals surface area contributed by atoms with Gasteiger partial charge in [0.05, 0.1) is 6.20 Å². The van der Waals surface area contributed by atoms with Gasteiger partial charge in [0.2, 0.25) is 5.91 Å². The van der Waals surface area contributed by atoms with Crippen LogP contribution in [0.2, 0.25) is 5.02 Å². The third kappa shape index (κ3) is 2.56. The summed E-state index contributed by atoms with van der Waals surface area (Å²) in [6.45, 7) is 0.641. The van der Waals surface area contributed by atoms with Crippen molar-refractivity contribution in [2.24, 2.45) is 0 Å². The van der Waals surface area contributed by atoms with E-state index >= 15 is 0 Å². The van der Waals surface area contributed by atoms with Gasteiger partial charge in [-0.05, 0) is 6.42 Å². The number of nitrogens with one attached hydrogen (secondary N) is 2. The number of aromatic nitrogens is 2. The number of nitrogens with zero attached hydrogens (tertiary/aromatic N) is 2. The Balaban J connectivity index is 1.88.